The Morgan fingerprint density at radius 3 is 0.810 bits per heavy atom. The van der Waals surface area contributed by atoms with Crippen molar-refractivity contribution in [1.29, 1.82) is 0 Å². The summed E-state index contributed by atoms with van der Waals surface area (Å²) in [6.07, 6.45) is 0. The number of anilines is 3. The minimum Gasteiger partial charge on any atom is -0.249 e. The van der Waals surface area contributed by atoms with Gasteiger partial charge in [-0.15, -0.1) is 0 Å². The predicted octanol–water partition coefficient (Wildman–Crippen LogP) is -0.341. The molecule has 0 saturated carbocycles. The summed E-state index contributed by atoms with van der Waals surface area (Å²) in [5, 5.41) is 2.84. The van der Waals surface area contributed by atoms with Crippen LogP contribution in [0.4, 0.5) is 17.8 Å². The Morgan fingerprint density at radius 1 is 0.476 bits per heavy atom. The smallest absolute Gasteiger partial charge is 0.249 e. The van der Waals surface area contributed by atoms with Gasteiger partial charge in [0.1, 0.15) is 0 Å². The Labute approximate surface area is 121 Å². The van der Waals surface area contributed by atoms with E-state index in [0.717, 1.165) is 15.7 Å². The van der Waals surface area contributed by atoms with E-state index in [1.807, 2.05) is 0 Å². The molecule has 0 atom stereocenters. The van der Waals surface area contributed by atoms with Crippen molar-refractivity contribution in [2.75, 3.05) is 58.3 Å². The molecule has 1 aromatic heterocycles. The van der Waals surface area contributed by atoms with Gasteiger partial charge in [-0.3, -0.25) is 0 Å². The fraction of sp³-hybridized carbons (Fsp3) is 0.667. The molecule has 120 valence electrons. The Morgan fingerprint density at radius 2 is 0.667 bits per heavy atom. The highest BCUT2D eigenvalue weighted by molar-refractivity contribution is 5.40. The lowest BCUT2D eigenvalue weighted by Crippen LogP contribution is -2.30. The largest absolute Gasteiger partial charge is 0.284 e. The van der Waals surface area contributed by atoms with E-state index >= 15 is 0 Å². The first-order valence-corrected chi connectivity index (χ1v) is 5.56. The van der Waals surface area contributed by atoms with Gasteiger partial charge in [0, 0.05) is 0 Å². The summed E-state index contributed by atoms with van der Waals surface area (Å²) in [4.78, 5) is 41.9. The second-order valence-electron chi connectivity index (χ2n) is 3.10. The van der Waals surface area contributed by atoms with Crippen molar-refractivity contribution in [1.82, 2.24) is 15.0 Å². The normalized spacial score (nSPS) is 10.6. The molecule has 1 aromatic rings. The van der Waals surface area contributed by atoms with Crippen LogP contribution in [0.5, 0.6) is 0 Å². The first-order chi connectivity index (χ1) is 10.1. The number of rotatable bonds is 9. The molecule has 0 aromatic carbocycles. The molecule has 0 aliphatic heterocycles. The van der Waals surface area contributed by atoms with Crippen LogP contribution in [0.1, 0.15) is 0 Å². The van der Waals surface area contributed by atoms with Gasteiger partial charge in [0.2, 0.25) is 0 Å². The quantitative estimate of drug-likeness (QED) is 0.557. The van der Waals surface area contributed by atoms with E-state index in [4.69, 9.17) is 29.0 Å². The molecule has 1 rings (SSSR count). The molecular weight excluding hydrogens is 288 g/mol. The van der Waals surface area contributed by atoms with Gasteiger partial charge in [-0.1, -0.05) is 15.7 Å². The summed E-state index contributed by atoms with van der Waals surface area (Å²) in [5.74, 6) is 0.0367. The van der Waals surface area contributed by atoms with Gasteiger partial charge in [-0.05, 0) is 0 Å². The molecular formula is C9H18N6O6. The maximum atomic E-state index is 4.95. The molecule has 12 heteroatoms. The topological polar surface area (TPSA) is 104 Å². The van der Waals surface area contributed by atoms with Gasteiger partial charge in [0.05, 0.1) is 42.7 Å². The Bertz CT molecular complexity index is 351. The maximum Gasteiger partial charge on any atom is 0.284 e. The van der Waals surface area contributed by atoms with Crippen molar-refractivity contribution in [3.8, 4) is 0 Å². The van der Waals surface area contributed by atoms with E-state index in [1.54, 1.807) is 0 Å². The minimum absolute atomic E-state index is 0.0122. The first kappa shape index (κ1) is 17.2. The third kappa shape index (κ3) is 4.07. The Balaban J connectivity index is 3.30. The number of nitrogens with zero attached hydrogens (tertiary/aromatic N) is 6. The van der Waals surface area contributed by atoms with Crippen molar-refractivity contribution in [2.45, 2.75) is 0 Å². The molecule has 0 spiro atoms. The summed E-state index contributed by atoms with van der Waals surface area (Å²) in [6.45, 7) is 0. The van der Waals surface area contributed by atoms with Gasteiger partial charge in [0.25, 0.3) is 17.8 Å². The number of hydrogen-bond acceptors (Lipinski definition) is 12. The fourth-order valence-corrected chi connectivity index (χ4v) is 1.30. The third-order valence-electron chi connectivity index (χ3n) is 2.08. The molecule has 21 heavy (non-hydrogen) atoms. The monoisotopic (exact) mass is 306 g/mol. The maximum absolute atomic E-state index is 4.95. The number of aromatic nitrogens is 3. The van der Waals surface area contributed by atoms with E-state index in [1.165, 1.54) is 42.7 Å². The van der Waals surface area contributed by atoms with Crippen LogP contribution in [0.3, 0.4) is 0 Å². The molecule has 0 bridgehead atoms. The van der Waals surface area contributed by atoms with Crippen LogP contribution in [0.2, 0.25) is 0 Å². The number of hydrogen-bond donors (Lipinski definition) is 0. The van der Waals surface area contributed by atoms with Crippen LogP contribution < -0.4 is 15.7 Å². The van der Waals surface area contributed by atoms with E-state index in [9.17, 15) is 0 Å². The van der Waals surface area contributed by atoms with Gasteiger partial charge in [-0.25, -0.2) is 29.0 Å². The zero-order valence-corrected chi connectivity index (χ0v) is 12.6. The van der Waals surface area contributed by atoms with Crippen LogP contribution in [-0.4, -0.2) is 57.6 Å². The van der Waals surface area contributed by atoms with Crippen molar-refractivity contribution in [3.63, 3.8) is 0 Å². The lowest BCUT2D eigenvalue weighted by molar-refractivity contribution is -0.0576. The fourth-order valence-electron chi connectivity index (χ4n) is 1.30. The van der Waals surface area contributed by atoms with E-state index in [2.05, 4.69) is 15.0 Å². The van der Waals surface area contributed by atoms with Gasteiger partial charge < -0.3 is 0 Å². The van der Waals surface area contributed by atoms with E-state index in [0.29, 0.717) is 0 Å². The molecule has 0 saturated heterocycles. The second-order valence-corrected chi connectivity index (χ2v) is 3.10. The summed E-state index contributed by atoms with van der Waals surface area (Å²) >= 11 is 0. The van der Waals surface area contributed by atoms with E-state index in [-0.39, 0.29) is 17.8 Å². The molecule has 12 nitrogen and oxygen atoms in total. The molecule has 0 aliphatic carbocycles. The third-order valence-corrected chi connectivity index (χ3v) is 2.08. The molecule has 0 aliphatic rings. The van der Waals surface area contributed by atoms with Crippen LogP contribution in [0.15, 0.2) is 0 Å². The molecule has 0 amide bonds. The zero-order valence-electron chi connectivity index (χ0n) is 12.6. The SMILES string of the molecule is CON(OC)c1nc(N(OC)OC)nc(N(OC)OC)n1. The molecule has 0 N–H and O–H groups in total. The molecule has 0 fully saturated rings. The van der Waals surface area contributed by atoms with E-state index < -0.39 is 0 Å². The lowest BCUT2D eigenvalue weighted by atomic mass is 10.8. The molecule has 0 radical (unpaired) electrons. The van der Waals surface area contributed by atoms with Gasteiger partial charge in [-0.2, -0.15) is 15.0 Å². The summed E-state index contributed by atoms with van der Waals surface area (Å²) < 4.78 is 0. The minimum atomic E-state index is 0.0122. The highest BCUT2D eigenvalue weighted by Crippen LogP contribution is 2.19. The summed E-state index contributed by atoms with van der Waals surface area (Å²) in [6, 6.07) is 0. The predicted molar refractivity (Wildman–Crippen MR) is 69.3 cm³/mol. The Kier molecular flexibility index (Phi) is 6.93. The van der Waals surface area contributed by atoms with Crippen LogP contribution in [0, 0.1) is 0 Å². The zero-order chi connectivity index (χ0) is 15.8. The summed E-state index contributed by atoms with van der Waals surface area (Å²) in [7, 11) is 8.26. The van der Waals surface area contributed by atoms with Crippen LogP contribution >= 0.6 is 0 Å². The average molecular weight is 306 g/mol. The van der Waals surface area contributed by atoms with Crippen molar-refractivity contribution >= 4 is 17.8 Å². The highest BCUT2D eigenvalue weighted by Gasteiger charge is 2.21. The van der Waals surface area contributed by atoms with Gasteiger partial charge >= 0.3 is 0 Å². The van der Waals surface area contributed by atoms with Crippen LogP contribution in [0.25, 0.3) is 0 Å². The second kappa shape index (κ2) is 8.46. The Hall–Kier alpha value is -1.83. The molecule has 1 heterocycles. The first-order valence-electron chi connectivity index (χ1n) is 5.56. The lowest BCUT2D eigenvalue weighted by Gasteiger charge is -2.22. The highest BCUT2D eigenvalue weighted by atomic mass is 17.0. The standard InChI is InChI=1S/C9H18N6O6/c1-16-13(17-2)7-10-8(14(18-3)19-4)12-9(11-7)15(20-5)21-6/h1-6H3. The van der Waals surface area contributed by atoms with Gasteiger partial charge in [0.15, 0.2) is 0 Å². The average Bonchev–Trinajstić information content (AvgIpc) is 2.51. The van der Waals surface area contributed by atoms with Crippen molar-refractivity contribution in [3.05, 3.63) is 0 Å². The van der Waals surface area contributed by atoms with Crippen LogP contribution in [-0.2, 0) is 29.0 Å². The van der Waals surface area contributed by atoms with Crippen molar-refractivity contribution in [2.24, 2.45) is 0 Å². The summed E-state index contributed by atoms with van der Waals surface area (Å²) in [5.41, 5.74) is 0. The molecule has 0 unspecified atom stereocenters. The van der Waals surface area contributed by atoms with Crippen molar-refractivity contribution < 1.29 is 29.0 Å².